The summed E-state index contributed by atoms with van der Waals surface area (Å²) < 4.78 is 11.8. The van der Waals surface area contributed by atoms with Crippen LogP contribution < -0.4 is 20.2 Å². The van der Waals surface area contributed by atoms with E-state index >= 15 is 0 Å². The molecule has 0 saturated heterocycles. The molecule has 0 aliphatic heterocycles. The molecule has 3 aromatic rings. The molecular formula is C29H34ClN3O5S. The van der Waals surface area contributed by atoms with Crippen LogP contribution in [0.4, 0.5) is 0 Å². The molecule has 0 fully saturated rings. The highest BCUT2D eigenvalue weighted by Crippen LogP contribution is 2.37. The van der Waals surface area contributed by atoms with Crippen molar-refractivity contribution in [2.24, 2.45) is 5.10 Å². The molecule has 0 spiro atoms. The summed E-state index contributed by atoms with van der Waals surface area (Å²) in [5.41, 5.74) is 2.99. The Morgan fingerprint density at radius 2 is 1.72 bits per heavy atom. The van der Waals surface area contributed by atoms with Gasteiger partial charge >= 0.3 is 5.97 Å². The molecule has 2 aromatic carbocycles. The lowest BCUT2D eigenvalue weighted by atomic mass is 10.1. The summed E-state index contributed by atoms with van der Waals surface area (Å²) in [6.07, 6.45) is 9.75. The molecule has 39 heavy (non-hydrogen) atoms. The average molecular weight is 572 g/mol. The van der Waals surface area contributed by atoms with Crippen LogP contribution in [-0.2, 0) is 9.59 Å². The van der Waals surface area contributed by atoms with Crippen LogP contribution in [0.15, 0.2) is 47.6 Å². The number of halogens is 1. The van der Waals surface area contributed by atoms with E-state index in [1.54, 1.807) is 18.2 Å². The van der Waals surface area contributed by atoms with Gasteiger partial charge in [0.2, 0.25) is 5.91 Å². The second-order valence-corrected chi connectivity index (χ2v) is 10.4. The Balaban J connectivity index is 1.44. The van der Waals surface area contributed by atoms with Gasteiger partial charge in [-0.3, -0.25) is 9.59 Å². The molecule has 2 amide bonds. The molecule has 3 rings (SSSR count). The van der Waals surface area contributed by atoms with Gasteiger partial charge in [0.05, 0.1) is 24.9 Å². The van der Waals surface area contributed by atoms with Gasteiger partial charge in [-0.15, -0.1) is 11.3 Å². The molecule has 0 atom stereocenters. The van der Waals surface area contributed by atoms with Crippen LogP contribution in [0.3, 0.4) is 0 Å². The van der Waals surface area contributed by atoms with Gasteiger partial charge in [-0.05, 0) is 36.2 Å². The smallest absolute Gasteiger partial charge is 0.355 e. The number of carbonyl (C=O) groups excluding carboxylic acids is 3. The Morgan fingerprint density at radius 3 is 2.46 bits per heavy atom. The van der Waals surface area contributed by atoms with Gasteiger partial charge in [0.1, 0.15) is 4.88 Å². The van der Waals surface area contributed by atoms with Gasteiger partial charge in [-0.2, -0.15) is 5.10 Å². The maximum absolute atomic E-state index is 12.8. The van der Waals surface area contributed by atoms with Gasteiger partial charge in [-0.25, -0.2) is 10.2 Å². The molecule has 1 aromatic heterocycles. The highest BCUT2D eigenvalue weighted by atomic mass is 35.5. The first-order chi connectivity index (χ1) is 18.9. The number of nitrogens with zero attached hydrogens (tertiary/aromatic N) is 1. The summed E-state index contributed by atoms with van der Waals surface area (Å²) in [5, 5.41) is 7.69. The number of carbonyl (C=O) groups is 3. The number of hydrazone groups is 1. The number of amides is 2. The number of ether oxygens (including phenoxy) is 2. The topological polar surface area (TPSA) is 106 Å². The van der Waals surface area contributed by atoms with E-state index in [-0.39, 0.29) is 18.2 Å². The molecule has 0 bridgehead atoms. The van der Waals surface area contributed by atoms with Gasteiger partial charge in [0.15, 0.2) is 11.5 Å². The molecule has 208 valence electrons. The van der Waals surface area contributed by atoms with Crippen molar-refractivity contribution in [2.75, 3.05) is 13.7 Å². The van der Waals surface area contributed by atoms with E-state index in [9.17, 15) is 14.4 Å². The zero-order chi connectivity index (χ0) is 28.0. The Kier molecular flexibility index (Phi) is 12.2. The monoisotopic (exact) mass is 571 g/mol. The van der Waals surface area contributed by atoms with Gasteiger partial charge in [0.25, 0.3) is 5.91 Å². The molecular weight excluding hydrogens is 538 g/mol. The van der Waals surface area contributed by atoms with Crippen molar-refractivity contribution in [1.82, 2.24) is 10.7 Å². The van der Waals surface area contributed by atoms with Crippen LogP contribution in [-0.4, -0.2) is 37.7 Å². The minimum absolute atomic E-state index is 0.144. The van der Waals surface area contributed by atoms with Crippen molar-refractivity contribution in [2.45, 2.75) is 58.3 Å². The van der Waals surface area contributed by atoms with E-state index in [0.717, 1.165) is 29.3 Å². The number of hydrogen-bond donors (Lipinski definition) is 2. The van der Waals surface area contributed by atoms with Crippen molar-refractivity contribution in [3.63, 3.8) is 0 Å². The van der Waals surface area contributed by atoms with E-state index in [0.29, 0.717) is 27.6 Å². The molecule has 8 nitrogen and oxygen atoms in total. The quantitative estimate of drug-likeness (QED) is 0.0713. The standard InChI is InChI=1S/C29H34ClN3O5S/c1-3-4-5-6-7-8-9-14-25(34)31-19-26(35)33-32-18-20-15-16-22(23(17-20)37-2)38-29(36)28-27(30)21-12-10-11-13-24(21)39-28/h10-13,15-18H,3-9,14,19H2,1-2H3,(H,31,34)(H,33,35)/b32-18-. The van der Waals surface area contributed by atoms with Crippen LogP contribution >= 0.6 is 22.9 Å². The predicted octanol–water partition coefficient (Wildman–Crippen LogP) is 6.49. The third-order valence-corrected chi connectivity index (χ3v) is 7.62. The molecule has 10 heteroatoms. The van der Waals surface area contributed by atoms with E-state index in [1.807, 2.05) is 24.3 Å². The first-order valence-electron chi connectivity index (χ1n) is 13.1. The van der Waals surface area contributed by atoms with Crippen molar-refractivity contribution in [1.29, 1.82) is 0 Å². The lowest BCUT2D eigenvalue weighted by molar-refractivity contribution is -0.126. The first-order valence-corrected chi connectivity index (χ1v) is 14.3. The fourth-order valence-corrected chi connectivity index (χ4v) is 5.25. The van der Waals surface area contributed by atoms with E-state index in [4.69, 9.17) is 21.1 Å². The van der Waals surface area contributed by atoms with Gasteiger partial charge < -0.3 is 14.8 Å². The Labute approximate surface area is 237 Å². The number of fused-ring (bicyclic) bond motifs is 1. The highest BCUT2D eigenvalue weighted by molar-refractivity contribution is 7.21. The fraction of sp³-hybridized carbons (Fsp3) is 0.379. The molecule has 2 N–H and O–H groups in total. The number of rotatable bonds is 15. The number of unbranched alkanes of at least 4 members (excludes halogenated alkanes) is 6. The van der Waals surface area contributed by atoms with Crippen LogP contribution in [0.5, 0.6) is 11.5 Å². The summed E-state index contributed by atoms with van der Waals surface area (Å²) >= 11 is 7.65. The van der Waals surface area contributed by atoms with E-state index in [1.165, 1.54) is 50.3 Å². The molecule has 0 aliphatic rings. The summed E-state index contributed by atoms with van der Waals surface area (Å²) in [6, 6.07) is 12.3. The maximum Gasteiger partial charge on any atom is 0.355 e. The molecule has 0 radical (unpaired) electrons. The molecule has 0 saturated carbocycles. The number of esters is 1. The van der Waals surface area contributed by atoms with Crippen LogP contribution in [0.1, 0.15) is 73.5 Å². The Bertz CT molecular complexity index is 1310. The second-order valence-electron chi connectivity index (χ2n) is 8.98. The number of thiophene rings is 1. The predicted molar refractivity (Wildman–Crippen MR) is 156 cm³/mol. The van der Waals surface area contributed by atoms with Crippen molar-refractivity contribution >= 4 is 57.0 Å². The van der Waals surface area contributed by atoms with Gasteiger partial charge in [-0.1, -0.05) is 75.2 Å². The number of methoxy groups -OCH3 is 1. The largest absolute Gasteiger partial charge is 0.493 e. The minimum Gasteiger partial charge on any atom is -0.493 e. The fourth-order valence-electron chi connectivity index (χ4n) is 3.87. The molecule has 0 unspecified atom stereocenters. The lowest BCUT2D eigenvalue weighted by Crippen LogP contribution is -2.34. The number of hydrogen-bond acceptors (Lipinski definition) is 7. The minimum atomic E-state index is -0.581. The van der Waals surface area contributed by atoms with Crippen molar-refractivity contribution < 1.29 is 23.9 Å². The SMILES string of the molecule is CCCCCCCCCC(=O)NCC(=O)N/N=C\c1ccc(OC(=O)c2sc3ccccc3c2Cl)c(OC)c1. The first kappa shape index (κ1) is 30.1. The summed E-state index contributed by atoms with van der Waals surface area (Å²) in [5.74, 6) is -0.622. The zero-order valence-electron chi connectivity index (χ0n) is 22.3. The summed E-state index contributed by atoms with van der Waals surface area (Å²) in [4.78, 5) is 37.0. The summed E-state index contributed by atoms with van der Waals surface area (Å²) in [7, 11) is 1.46. The van der Waals surface area contributed by atoms with Crippen LogP contribution in [0, 0.1) is 0 Å². The normalized spacial score (nSPS) is 11.1. The zero-order valence-corrected chi connectivity index (χ0v) is 23.8. The third kappa shape index (κ3) is 9.37. The Morgan fingerprint density at radius 1 is 0.974 bits per heavy atom. The number of benzene rings is 2. The van der Waals surface area contributed by atoms with E-state index in [2.05, 4.69) is 22.8 Å². The highest BCUT2D eigenvalue weighted by Gasteiger charge is 2.20. The third-order valence-electron chi connectivity index (χ3n) is 5.97. The average Bonchev–Trinajstić information content (AvgIpc) is 3.28. The van der Waals surface area contributed by atoms with Crippen LogP contribution in [0.25, 0.3) is 10.1 Å². The van der Waals surface area contributed by atoms with Gasteiger partial charge in [0, 0.05) is 16.5 Å². The summed E-state index contributed by atoms with van der Waals surface area (Å²) in [6.45, 7) is 2.04. The van der Waals surface area contributed by atoms with Crippen molar-refractivity contribution in [3.05, 3.63) is 57.9 Å². The number of nitrogens with one attached hydrogen (secondary N) is 2. The van der Waals surface area contributed by atoms with Crippen molar-refractivity contribution in [3.8, 4) is 11.5 Å². The lowest BCUT2D eigenvalue weighted by Gasteiger charge is -2.09. The van der Waals surface area contributed by atoms with E-state index < -0.39 is 11.9 Å². The molecule has 0 aliphatic carbocycles. The molecule has 1 heterocycles. The van der Waals surface area contributed by atoms with Crippen LogP contribution in [0.2, 0.25) is 5.02 Å². The maximum atomic E-state index is 12.8. The second kappa shape index (κ2) is 15.9. The Hall–Kier alpha value is -3.43.